The van der Waals surface area contributed by atoms with Crippen LogP contribution in [0, 0.1) is 11.7 Å². The lowest BCUT2D eigenvalue weighted by molar-refractivity contribution is 0.0954. The summed E-state index contributed by atoms with van der Waals surface area (Å²) in [6.07, 6.45) is 2.36. The highest BCUT2D eigenvalue weighted by Gasteiger charge is 2.11. The molecule has 0 bridgehead atoms. The van der Waals surface area contributed by atoms with E-state index in [0.717, 1.165) is 22.0 Å². The summed E-state index contributed by atoms with van der Waals surface area (Å²) < 4.78 is 1.74. The second-order valence-corrected chi connectivity index (χ2v) is 9.54. The molecule has 1 aromatic carbocycles. The average Bonchev–Trinajstić information content (AvgIpc) is 3.39. The Morgan fingerprint density at radius 1 is 1.35 bits per heavy atom. The van der Waals surface area contributed by atoms with Gasteiger partial charge in [-0.1, -0.05) is 6.08 Å². The zero-order chi connectivity index (χ0) is 22.0. The first kappa shape index (κ1) is 21.4. The number of aryl methyl sites for hydroxylation is 1. The van der Waals surface area contributed by atoms with Crippen molar-refractivity contribution >= 4 is 51.7 Å². The van der Waals surface area contributed by atoms with Crippen LogP contribution in [0.5, 0.6) is 0 Å². The topological polar surface area (TPSA) is 79.8 Å². The summed E-state index contributed by atoms with van der Waals surface area (Å²) in [5.74, 6) is -0.191. The van der Waals surface area contributed by atoms with Gasteiger partial charge in [0.25, 0.3) is 11.5 Å². The minimum absolute atomic E-state index is 0.191. The van der Waals surface area contributed by atoms with Crippen molar-refractivity contribution in [3.8, 4) is 10.6 Å². The fraction of sp³-hybridized carbons (Fsp3) is 0.182. The number of thiazole rings is 1. The van der Waals surface area contributed by atoms with Crippen LogP contribution in [-0.2, 0) is 13.0 Å². The molecule has 0 aliphatic carbocycles. The number of thiophene rings is 1. The minimum atomic E-state index is -0.200. The Bertz CT molecular complexity index is 1390. The quantitative estimate of drug-likeness (QED) is 0.304. The van der Waals surface area contributed by atoms with E-state index in [1.54, 1.807) is 46.9 Å². The summed E-state index contributed by atoms with van der Waals surface area (Å²) in [5.41, 5.74) is 1.83. The molecule has 2 N–H and O–H groups in total. The van der Waals surface area contributed by atoms with Gasteiger partial charge in [0.15, 0.2) is 4.77 Å². The second kappa shape index (κ2) is 9.09. The van der Waals surface area contributed by atoms with Crippen molar-refractivity contribution in [2.45, 2.75) is 19.9 Å². The van der Waals surface area contributed by atoms with Gasteiger partial charge in [0, 0.05) is 28.9 Å². The van der Waals surface area contributed by atoms with Crippen LogP contribution in [0.2, 0.25) is 0 Å². The number of H-pyrrole nitrogens is 1. The van der Waals surface area contributed by atoms with E-state index >= 15 is 0 Å². The van der Waals surface area contributed by atoms with E-state index in [9.17, 15) is 9.59 Å². The number of nitrogens with zero attached hydrogens (tertiary/aromatic N) is 2. The number of hydrogen-bond acceptors (Lipinski definition) is 6. The number of fused-ring (bicyclic) bond motifs is 1. The molecular weight excluding hydrogens is 448 g/mol. The maximum Gasteiger partial charge on any atom is 0.262 e. The Morgan fingerprint density at radius 2 is 2.19 bits per heavy atom. The van der Waals surface area contributed by atoms with Crippen molar-refractivity contribution < 1.29 is 4.79 Å². The molecule has 0 aliphatic heterocycles. The van der Waals surface area contributed by atoms with Crippen LogP contribution in [-0.4, -0.2) is 27.0 Å². The number of aromatic amines is 1. The van der Waals surface area contributed by atoms with Gasteiger partial charge in [0.05, 0.1) is 26.5 Å². The Balaban J connectivity index is 1.43. The van der Waals surface area contributed by atoms with E-state index in [1.807, 2.05) is 6.92 Å². The molecule has 0 unspecified atom stereocenters. The number of hydrogen-bond donors (Lipinski definition) is 2. The van der Waals surface area contributed by atoms with Crippen LogP contribution in [0.4, 0.5) is 0 Å². The van der Waals surface area contributed by atoms with Gasteiger partial charge >= 0.3 is 0 Å². The third-order valence-electron chi connectivity index (χ3n) is 4.75. The third-order valence-corrected chi connectivity index (χ3v) is 7.01. The Morgan fingerprint density at radius 3 is 2.94 bits per heavy atom. The van der Waals surface area contributed by atoms with Gasteiger partial charge in [-0.2, -0.15) is 0 Å². The van der Waals surface area contributed by atoms with Crippen LogP contribution in [0.3, 0.4) is 0 Å². The van der Waals surface area contributed by atoms with Gasteiger partial charge in [-0.05, 0) is 55.9 Å². The molecule has 4 aromatic rings. The summed E-state index contributed by atoms with van der Waals surface area (Å²) in [5, 5.41) is 6.53. The fourth-order valence-electron chi connectivity index (χ4n) is 3.22. The maximum absolute atomic E-state index is 12.6. The number of nitrogens with one attached hydrogen (secondary N) is 2. The highest BCUT2D eigenvalue weighted by molar-refractivity contribution is 7.71. The summed E-state index contributed by atoms with van der Waals surface area (Å²) in [4.78, 5) is 35.0. The van der Waals surface area contributed by atoms with E-state index in [-0.39, 0.29) is 11.5 Å². The molecule has 31 heavy (non-hydrogen) atoms. The standard InChI is InChI=1S/C22H20N4O2S3/c1-3-10-26-21(28)16-6-4-14(11-17(16)25-22(26)29)20(27)23-9-8-15-5-7-19(31-15)18-12-30-13(2)24-18/h3-7,11-12H,1,8-10H2,2H3,(H,23,27)(H,25,29). The summed E-state index contributed by atoms with van der Waals surface area (Å²) in [6.45, 7) is 6.49. The average molecular weight is 469 g/mol. The minimum Gasteiger partial charge on any atom is -0.352 e. The molecule has 0 aliphatic rings. The van der Waals surface area contributed by atoms with Gasteiger partial charge in [-0.15, -0.1) is 29.3 Å². The molecule has 0 saturated heterocycles. The summed E-state index contributed by atoms with van der Waals surface area (Å²) in [6, 6.07) is 9.11. The molecule has 9 heteroatoms. The van der Waals surface area contributed by atoms with E-state index in [1.165, 1.54) is 9.44 Å². The zero-order valence-electron chi connectivity index (χ0n) is 16.8. The monoisotopic (exact) mass is 468 g/mol. The molecule has 0 saturated carbocycles. The first-order chi connectivity index (χ1) is 15.0. The first-order valence-electron chi connectivity index (χ1n) is 9.63. The highest BCUT2D eigenvalue weighted by atomic mass is 32.1. The van der Waals surface area contributed by atoms with E-state index < -0.39 is 0 Å². The fourth-order valence-corrected chi connectivity index (χ4v) is 5.14. The molecular formula is C22H20N4O2S3. The van der Waals surface area contributed by atoms with Crippen LogP contribution in [0.25, 0.3) is 21.5 Å². The molecule has 4 rings (SSSR count). The largest absolute Gasteiger partial charge is 0.352 e. The van der Waals surface area contributed by atoms with Crippen molar-refractivity contribution in [1.82, 2.24) is 19.9 Å². The number of aromatic nitrogens is 3. The van der Waals surface area contributed by atoms with Crippen LogP contribution in [0.15, 0.2) is 53.2 Å². The highest BCUT2D eigenvalue weighted by Crippen LogP contribution is 2.29. The molecule has 0 fully saturated rings. The van der Waals surface area contributed by atoms with E-state index in [4.69, 9.17) is 12.2 Å². The SMILES string of the molecule is C=CCn1c(=S)[nH]c2cc(C(=O)NCCc3ccc(-c4csc(C)n4)s3)ccc2c1=O. The van der Waals surface area contributed by atoms with Crippen molar-refractivity contribution in [2.24, 2.45) is 0 Å². The van der Waals surface area contributed by atoms with Crippen molar-refractivity contribution in [2.75, 3.05) is 6.54 Å². The summed E-state index contributed by atoms with van der Waals surface area (Å²) >= 11 is 8.59. The number of rotatable bonds is 7. The van der Waals surface area contributed by atoms with Crippen LogP contribution in [0.1, 0.15) is 20.2 Å². The van der Waals surface area contributed by atoms with Gasteiger partial charge in [0.1, 0.15) is 0 Å². The lowest BCUT2D eigenvalue weighted by atomic mass is 10.1. The number of benzene rings is 1. The van der Waals surface area contributed by atoms with Gasteiger partial charge in [0.2, 0.25) is 0 Å². The Kier molecular flexibility index (Phi) is 6.26. The lowest BCUT2D eigenvalue weighted by Crippen LogP contribution is -2.26. The van der Waals surface area contributed by atoms with E-state index in [0.29, 0.717) is 34.3 Å². The number of allylic oxidation sites excluding steroid dienone is 1. The predicted octanol–water partition coefficient (Wildman–Crippen LogP) is 4.71. The Hall–Kier alpha value is -2.88. The molecule has 158 valence electrons. The number of carbonyl (C=O) groups excluding carboxylic acids is 1. The molecule has 0 atom stereocenters. The molecule has 6 nitrogen and oxygen atoms in total. The molecule has 1 amide bonds. The van der Waals surface area contributed by atoms with Gasteiger partial charge in [-0.25, -0.2) is 4.98 Å². The maximum atomic E-state index is 12.6. The number of carbonyl (C=O) groups is 1. The van der Waals surface area contributed by atoms with Crippen molar-refractivity contribution in [1.29, 1.82) is 0 Å². The second-order valence-electron chi connectivity index (χ2n) is 6.92. The first-order valence-corrected chi connectivity index (χ1v) is 11.7. The van der Waals surface area contributed by atoms with Crippen LogP contribution < -0.4 is 10.9 Å². The smallest absolute Gasteiger partial charge is 0.262 e. The normalized spacial score (nSPS) is 11.0. The molecule has 3 heterocycles. The third kappa shape index (κ3) is 4.58. The molecule has 0 spiro atoms. The van der Waals surface area contributed by atoms with Gasteiger partial charge in [-0.3, -0.25) is 14.2 Å². The number of amides is 1. The Labute approximate surface area is 191 Å². The van der Waals surface area contributed by atoms with E-state index in [2.05, 4.69) is 39.4 Å². The summed E-state index contributed by atoms with van der Waals surface area (Å²) in [7, 11) is 0. The molecule has 0 radical (unpaired) electrons. The lowest BCUT2D eigenvalue weighted by Gasteiger charge is -2.08. The van der Waals surface area contributed by atoms with Crippen LogP contribution >= 0.6 is 34.9 Å². The molecule has 3 aromatic heterocycles. The predicted molar refractivity (Wildman–Crippen MR) is 130 cm³/mol. The zero-order valence-corrected chi connectivity index (χ0v) is 19.3. The van der Waals surface area contributed by atoms with Gasteiger partial charge < -0.3 is 10.3 Å². The van der Waals surface area contributed by atoms with Crippen molar-refractivity contribution in [3.63, 3.8) is 0 Å². The van der Waals surface area contributed by atoms with Crippen molar-refractivity contribution in [3.05, 3.63) is 78.9 Å².